The second-order valence-corrected chi connectivity index (χ2v) is 7.06. The second kappa shape index (κ2) is 5.94. The molecule has 0 bridgehead atoms. The van der Waals surface area contributed by atoms with E-state index in [0.717, 1.165) is 30.3 Å². The lowest BCUT2D eigenvalue weighted by atomic mass is 10.0. The normalized spacial score (nSPS) is 22.8. The van der Waals surface area contributed by atoms with Crippen molar-refractivity contribution < 1.29 is 5.11 Å². The molecule has 1 aliphatic rings. The molecule has 116 valence electrons. The van der Waals surface area contributed by atoms with E-state index in [4.69, 9.17) is 4.98 Å². The highest BCUT2D eigenvalue weighted by Crippen LogP contribution is 2.32. The molecule has 3 heterocycles. The number of anilines is 1. The Morgan fingerprint density at radius 3 is 3.05 bits per heavy atom. The van der Waals surface area contributed by atoms with Crippen LogP contribution in [0.2, 0.25) is 0 Å². The summed E-state index contributed by atoms with van der Waals surface area (Å²) in [5.74, 6) is 1.55. The summed E-state index contributed by atoms with van der Waals surface area (Å²) in [6.45, 7) is 8.49. The molecule has 0 saturated carbocycles. The van der Waals surface area contributed by atoms with Gasteiger partial charge in [-0.1, -0.05) is 20.8 Å². The Kier molecular flexibility index (Phi) is 4.19. The van der Waals surface area contributed by atoms with Gasteiger partial charge >= 0.3 is 0 Å². The molecule has 1 saturated heterocycles. The van der Waals surface area contributed by atoms with E-state index in [-0.39, 0.29) is 12.6 Å². The fourth-order valence-corrected chi connectivity index (χ4v) is 3.79. The largest absolute Gasteiger partial charge is 0.394 e. The van der Waals surface area contributed by atoms with Gasteiger partial charge in [-0.25, -0.2) is 4.98 Å². The van der Waals surface area contributed by atoms with Gasteiger partial charge < -0.3 is 15.3 Å². The van der Waals surface area contributed by atoms with Gasteiger partial charge in [0.2, 0.25) is 0 Å². The van der Waals surface area contributed by atoms with Crippen molar-refractivity contribution in [3.8, 4) is 0 Å². The molecule has 2 aromatic heterocycles. The fraction of sp³-hybridized carbons (Fsp3) is 0.667. The Morgan fingerprint density at radius 1 is 1.52 bits per heavy atom. The minimum atomic E-state index is 0.187. The maximum atomic E-state index is 9.71. The number of aliphatic hydroxyl groups excluding tert-OH is 1. The number of thiazole rings is 1. The van der Waals surface area contributed by atoms with E-state index < -0.39 is 0 Å². The van der Waals surface area contributed by atoms with E-state index in [0.29, 0.717) is 12.0 Å². The second-order valence-electron chi connectivity index (χ2n) is 6.18. The van der Waals surface area contributed by atoms with E-state index >= 15 is 0 Å². The molecule has 0 radical (unpaired) electrons. The Labute approximate surface area is 129 Å². The van der Waals surface area contributed by atoms with Gasteiger partial charge in [0.15, 0.2) is 10.8 Å². The minimum Gasteiger partial charge on any atom is -0.394 e. The van der Waals surface area contributed by atoms with Crippen molar-refractivity contribution in [3.63, 3.8) is 0 Å². The van der Waals surface area contributed by atoms with Gasteiger partial charge in [-0.2, -0.15) is 0 Å². The zero-order valence-corrected chi connectivity index (χ0v) is 13.7. The van der Waals surface area contributed by atoms with Crippen LogP contribution in [-0.2, 0) is 6.54 Å². The summed E-state index contributed by atoms with van der Waals surface area (Å²) < 4.78 is 2.17. The molecule has 0 aliphatic carbocycles. The number of imidazole rings is 1. The van der Waals surface area contributed by atoms with Crippen molar-refractivity contribution in [3.05, 3.63) is 17.3 Å². The molecular weight excluding hydrogens is 284 g/mol. The molecule has 1 aliphatic heterocycles. The molecule has 2 atom stereocenters. The topological polar surface area (TPSA) is 52.8 Å². The molecule has 0 aromatic carbocycles. The molecule has 0 amide bonds. The lowest BCUT2D eigenvalue weighted by Gasteiger charge is -2.26. The third-order valence-electron chi connectivity index (χ3n) is 4.36. The third-order valence-corrected chi connectivity index (χ3v) is 5.12. The lowest BCUT2D eigenvalue weighted by molar-refractivity contribution is 0.244. The van der Waals surface area contributed by atoms with Crippen LogP contribution in [0.25, 0.3) is 4.96 Å². The first-order valence-electron chi connectivity index (χ1n) is 7.67. The highest BCUT2D eigenvalue weighted by Gasteiger charge is 2.33. The average molecular weight is 308 g/mol. The molecule has 2 N–H and O–H groups in total. The summed E-state index contributed by atoms with van der Waals surface area (Å²) in [6.07, 6.45) is 3.20. The quantitative estimate of drug-likeness (QED) is 0.888. The summed E-state index contributed by atoms with van der Waals surface area (Å²) >= 11 is 1.66. The van der Waals surface area contributed by atoms with Crippen molar-refractivity contribution in [2.75, 3.05) is 18.1 Å². The summed E-state index contributed by atoms with van der Waals surface area (Å²) in [7, 11) is 0. The first-order chi connectivity index (χ1) is 10.1. The van der Waals surface area contributed by atoms with Crippen molar-refractivity contribution in [2.24, 2.45) is 5.92 Å². The van der Waals surface area contributed by atoms with Crippen LogP contribution in [0.3, 0.4) is 0 Å². The molecule has 6 heteroatoms. The number of hydrogen-bond donors (Lipinski definition) is 2. The number of nitrogens with zero attached hydrogens (tertiary/aromatic N) is 3. The SMILES string of the molecule is CC(C)NCc1c(N2CCC(C)C2CO)nc2sccn12. The summed E-state index contributed by atoms with van der Waals surface area (Å²) in [5, 5.41) is 15.3. The molecule has 5 nitrogen and oxygen atoms in total. The maximum Gasteiger partial charge on any atom is 0.195 e. The van der Waals surface area contributed by atoms with Gasteiger partial charge in [0, 0.05) is 30.7 Å². The first-order valence-corrected chi connectivity index (χ1v) is 8.55. The van der Waals surface area contributed by atoms with Gasteiger partial charge in [0.05, 0.1) is 18.3 Å². The summed E-state index contributed by atoms with van der Waals surface area (Å²) in [4.78, 5) is 8.14. The predicted molar refractivity (Wildman–Crippen MR) is 87.0 cm³/mol. The summed E-state index contributed by atoms with van der Waals surface area (Å²) in [5.41, 5.74) is 1.20. The number of nitrogens with one attached hydrogen (secondary N) is 1. The maximum absolute atomic E-state index is 9.71. The fourth-order valence-electron chi connectivity index (χ4n) is 3.07. The highest BCUT2D eigenvalue weighted by atomic mass is 32.1. The predicted octanol–water partition coefficient (Wildman–Crippen LogP) is 2.10. The van der Waals surface area contributed by atoms with E-state index in [1.54, 1.807) is 11.3 Å². The molecule has 21 heavy (non-hydrogen) atoms. The van der Waals surface area contributed by atoms with Crippen molar-refractivity contribution in [1.82, 2.24) is 14.7 Å². The van der Waals surface area contributed by atoms with Gasteiger partial charge in [0.25, 0.3) is 0 Å². The molecular formula is C15H24N4OS. The zero-order chi connectivity index (χ0) is 15.0. The smallest absolute Gasteiger partial charge is 0.195 e. The Hall–Kier alpha value is -1.11. The Balaban J connectivity index is 1.97. The van der Waals surface area contributed by atoms with Crippen molar-refractivity contribution in [2.45, 2.75) is 45.8 Å². The van der Waals surface area contributed by atoms with Crippen molar-refractivity contribution >= 4 is 22.1 Å². The van der Waals surface area contributed by atoms with Crippen LogP contribution in [0.15, 0.2) is 11.6 Å². The average Bonchev–Trinajstić information content (AvgIpc) is 3.09. The van der Waals surface area contributed by atoms with E-state index in [1.807, 2.05) is 0 Å². The van der Waals surface area contributed by atoms with E-state index in [1.165, 1.54) is 5.69 Å². The molecule has 2 aromatic rings. The van der Waals surface area contributed by atoms with Gasteiger partial charge in [-0.3, -0.25) is 4.40 Å². The number of aromatic nitrogens is 2. The van der Waals surface area contributed by atoms with Crippen LogP contribution in [0, 0.1) is 5.92 Å². The van der Waals surface area contributed by atoms with E-state index in [9.17, 15) is 5.11 Å². The Bertz CT molecular complexity index is 606. The molecule has 3 rings (SSSR count). The standard InChI is InChI=1S/C15H24N4OS/c1-10(2)16-8-12-14(17-15-19(12)6-7-21-15)18-5-4-11(3)13(18)9-20/h6-7,10-11,13,16,20H,4-5,8-9H2,1-3H3. The minimum absolute atomic E-state index is 0.187. The van der Waals surface area contributed by atoms with Crippen molar-refractivity contribution in [1.29, 1.82) is 0 Å². The summed E-state index contributed by atoms with van der Waals surface area (Å²) in [6, 6.07) is 0.626. The van der Waals surface area contributed by atoms with Gasteiger partial charge in [-0.15, -0.1) is 11.3 Å². The van der Waals surface area contributed by atoms with Crippen LogP contribution in [0.4, 0.5) is 5.82 Å². The Morgan fingerprint density at radius 2 is 2.33 bits per heavy atom. The highest BCUT2D eigenvalue weighted by molar-refractivity contribution is 7.15. The molecule has 2 unspecified atom stereocenters. The van der Waals surface area contributed by atoms with Crippen LogP contribution in [0.5, 0.6) is 0 Å². The molecule has 1 fully saturated rings. The molecule has 0 spiro atoms. The van der Waals surface area contributed by atoms with Gasteiger partial charge in [0.1, 0.15) is 0 Å². The number of hydrogen-bond acceptors (Lipinski definition) is 5. The van der Waals surface area contributed by atoms with Crippen LogP contribution < -0.4 is 10.2 Å². The van der Waals surface area contributed by atoms with Crippen LogP contribution >= 0.6 is 11.3 Å². The number of rotatable bonds is 5. The van der Waals surface area contributed by atoms with E-state index in [2.05, 4.69) is 47.0 Å². The number of fused-ring (bicyclic) bond motifs is 1. The number of aliphatic hydroxyl groups is 1. The van der Waals surface area contributed by atoms with Crippen LogP contribution in [-0.4, -0.2) is 39.7 Å². The lowest BCUT2D eigenvalue weighted by Crippen LogP contribution is -2.36. The van der Waals surface area contributed by atoms with Crippen LogP contribution in [0.1, 0.15) is 32.9 Å². The van der Waals surface area contributed by atoms with Gasteiger partial charge in [-0.05, 0) is 12.3 Å². The first kappa shape index (κ1) is 14.8. The monoisotopic (exact) mass is 308 g/mol. The zero-order valence-electron chi connectivity index (χ0n) is 12.9. The third kappa shape index (κ3) is 2.67.